The number of benzene rings is 1. The molecule has 0 saturated heterocycles. The van der Waals surface area contributed by atoms with Crippen LogP contribution >= 0.6 is 0 Å². The van der Waals surface area contributed by atoms with Crippen molar-refractivity contribution in [3.05, 3.63) is 59.7 Å². The minimum Gasteiger partial charge on any atom is -0.488 e. The van der Waals surface area contributed by atoms with Crippen LogP contribution in [-0.4, -0.2) is 40.6 Å². The average molecular weight is 497 g/mol. The van der Waals surface area contributed by atoms with Crippen LogP contribution in [0.5, 0.6) is 5.75 Å². The van der Waals surface area contributed by atoms with Crippen LogP contribution in [0, 0.1) is 5.82 Å². The molecule has 13 heteroatoms. The molecule has 0 spiro atoms. The molecule has 1 aliphatic heterocycles. The van der Waals surface area contributed by atoms with Crippen molar-refractivity contribution in [3.8, 4) is 5.75 Å². The summed E-state index contributed by atoms with van der Waals surface area (Å²) in [6, 6.07) is 2.77. The lowest BCUT2D eigenvalue weighted by Crippen LogP contribution is -2.50. The molecule has 182 valence electrons. The van der Waals surface area contributed by atoms with Gasteiger partial charge in [-0.15, -0.1) is 0 Å². The molecule has 9 nitrogen and oxygen atoms in total. The molecule has 0 fully saturated rings. The Balaban J connectivity index is 1.65. The van der Waals surface area contributed by atoms with Crippen molar-refractivity contribution >= 4 is 21.6 Å². The third-order valence-electron chi connectivity index (χ3n) is 5.48. The van der Waals surface area contributed by atoms with Crippen molar-refractivity contribution in [1.82, 2.24) is 18.8 Å². The molecule has 2 aromatic heterocycles. The topological polar surface area (TPSA) is 107 Å². The number of aryl methyl sites for hydroxylation is 2. The lowest BCUT2D eigenvalue weighted by molar-refractivity contribution is 0.101. The van der Waals surface area contributed by atoms with Gasteiger partial charge >= 0.3 is 0 Å². The van der Waals surface area contributed by atoms with E-state index in [2.05, 4.69) is 15.0 Å². The second-order valence-corrected chi connectivity index (χ2v) is 10.0. The molecule has 0 radical (unpaired) electrons. The number of aromatic nitrogens is 3. The number of imidazole rings is 1. The van der Waals surface area contributed by atoms with E-state index < -0.39 is 39.3 Å². The maximum absolute atomic E-state index is 13.6. The summed E-state index contributed by atoms with van der Waals surface area (Å²) in [5.41, 5.74) is -2.15. The summed E-state index contributed by atoms with van der Waals surface area (Å²) in [5.74, 6) is -1.45. The molecule has 0 aliphatic carbocycles. The monoisotopic (exact) mass is 497 g/mol. The lowest BCUT2D eigenvalue weighted by atomic mass is 10.00. The average Bonchev–Trinajstić information content (AvgIpc) is 3.27. The summed E-state index contributed by atoms with van der Waals surface area (Å²) in [7, 11) is -0.865. The van der Waals surface area contributed by atoms with Crippen molar-refractivity contribution in [1.29, 1.82) is 0 Å². The number of hydrogen-bond acceptors (Lipinski definition) is 5. The number of amides is 1. The Labute approximate surface area is 193 Å². The van der Waals surface area contributed by atoms with Crippen LogP contribution in [0.3, 0.4) is 0 Å². The normalized spacial score (nSPS) is 19.4. The summed E-state index contributed by atoms with van der Waals surface area (Å²) in [6.45, 7) is 1.55. The minimum atomic E-state index is -4.10. The zero-order valence-electron chi connectivity index (χ0n) is 18.5. The second-order valence-electron chi connectivity index (χ2n) is 8.36. The smallest absolute Gasteiger partial charge is 0.276 e. The number of rotatable bonds is 5. The van der Waals surface area contributed by atoms with Crippen molar-refractivity contribution < 1.29 is 31.1 Å². The molecular weight excluding hydrogens is 475 g/mol. The largest absolute Gasteiger partial charge is 0.488 e. The Morgan fingerprint density at radius 3 is 2.71 bits per heavy atom. The number of hydrogen-bond donors (Lipinski definition) is 2. The Bertz CT molecular complexity index is 1370. The van der Waals surface area contributed by atoms with Gasteiger partial charge in [0.25, 0.3) is 12.3 Å². The quantitative estimate of drug-likeness (QED) is 0.564. The molecule has 3 heterocycles. The molecule has 3 aromatic rings. The Kier molecular flexibility index (Phi) is 5.94. The number of anilines is 1. The predicted molar refractivity (Wildman–Crippen MR) is 116 cm³/mol. The number of alkyl halides is 2. The van der Waals surface area contributed by atoms with E-state index in [1.54, 1.807) is 30.9 Å². The van der Waals surface area contributed by atoms with Gasteiger partial charge in [0.1, 0.15) is 23.1 Å². The van der Waals surface area contributed by atoms with Gasteiger partial charge in [-0.25, -0.2) is 31.3 Å². The molecule has 4 rings (SSSR count). The molecule has 0 saturated carbocycles. The molecule has 0 bridgehead atoms. The van der Waals surface area contributed by atoms with Gasteiger partial charge in [-0.3, -0.25) is 4.79 Å². The van der Waals surface area contributed by atoms with Crippen molar-refractivity contribution in [3.63, 3.8) is 0 Å². The van der Waals surface area contributed by atoms with E-state index in [4.69, 9.17) is 4.74 Å². The van der Waals surface area contributed by atoms with E-state index in [1.165, 1.54) is 17.8 Å². The molecule has 1 aromatic carbocycles. The first-order valence-corrected chi connectivity index (χ1v) is 11.6. The molecule has 1 atom stereocenters. The number of nitrogens with zero attached hydrogens (tertiary/aromatic N) is 3. The highest BCUT2D eigenvalue weighted by Crippen LogP contribution is 2.35. The van der Waals surface area contributed by atoms with Crippen LogP contribution in [0.1, 0.15) is 35.2 Å². The molecule has 1 amide bonds. The number of fused-ring (bicyclic) bond motifs is 1. The van der Waals surface area contributed by atoms with Crippen LogP contribution in [-0.2, 0) is 30.5 Å². The first-order chi connectivity index (χ1) is 15.9. The minimum absolute atomic E-state index is 0.0779. The van der Waals surface area contributed by atoms with Crippen LogP contribution in [0.4, 0.5) is 18.9 Å². The summed E-state index contributed by atoms with van der Waals surface area (Å²) >= 11 is 0. The number of carbonyl (C=O) groups excluding carboxylic acids is 1. The van der Waals surface area contributed by atoms with E-state index in [1.807, 2.05) is 0 Å². The van der Waals surface area contributed by atoms with Gasteiger partial charge in [-0.2, -0.15) is 0 Å². The van der Waals surface area contributed by atoms with Crippen LogP contribution in [0.15, 0.2) is 41.7 Å². The second kappa shape index (κ2) is 8.47. The highest BCUT2D eigenvalue weighted by atomic mass is 32.2. The lowest BCUT2D eigenvalue weighted by Gasteiger charge is -2.27. The number of ether oxygens (including phenoxy) is 1. The summed E-state index contributed by atoms with van der Waals surface area (Å²) in [5, 5.41) is 2.40. The van der Waals surface area contributed by atoms with Gasteiger partial charge in [0, 0.05) is 44.8 Å². The van der Waals surface area contributed by atoms with Gasteiger partial charge in [0.15, 0.2) is 11.4 Å². The van der Waals surface area contributed by atoms with Crippen LogP contribution in [0.25, 0.3) is 0 Å². The number of halogens is 3. The zero-order valence-corrected chi connectivity index (χ0v) is 19.3. The molecular formula is C21H22F3N5O4S. The van der Waals surface area contributed by atoms with Gasteiger partial charge in [-0.05, 0) is 25.1 Å². The SMILES string of the molecule is Cn1ccnc1CC1(C)COc2c(cn(C)c2C(=O)Nc2ccc(F)c(C(F)F)c2)S(=O)(=O)N1. The molecule has 1 aliphatic rings. The predicted octanol–water partition coefficient (Wildman–Crippen LogP) is 2.76. The highest BCUT2D eigenvalue weighted by molar-refractivity contribution is 7.89. The molecule has 1 unspecified atom stereocenters. The maximum Gasteiger partial charge on any atom is 0.276 e. The van der Waals surface area contributed by atoms with Gasteiger partial charge < -0.3 is 19.2 Å². The summed E-state index contributed by atoms with van der Waals surface area (Å²) in [4.78, 5) is 17.0. The number of carbonyl (C=O) groups is 1. The van der Waals surface area contributed by atoms with Crippen LogP contribution in [0.2, 0.25) is 0 Å². The third-order valence-corrected chi connectivity index (χ3v) is 7.11. The summed E-state index contributed by atoms with van der Waals surface area (Å²) < 4.78 is 77.4. The van der Waals surface area contributed by atoms with Gasteiger partial charge in [-0.1, -0.05) is 0 Å². The van der Waals surface area contributed by atoms with E-state index in [0.717, 1.165) is 18.2 Å². The molecule has 34 heavy (non-hydrogen) atoms. The first-order valence-electron chi connectivity index (χ1n) is 10.1. The summed E-state index contributed by atoms with van der Waals surface area (Å²) in [6.07, 6.45) is 1.71. The fraction of sp³-hybridized carbons (Fsp3) is 0.333. The Hall–Kier alpha value is -3.32. The van der Waals surface area contributed by atoms with Crippen molar-refractivity contribution in [2.75, 3.05) is 11.9 Å². The van der Waals surface area contributed by atoms with E-state index in [0.29, 0.717) is 5.82 Å². The number of nitrogens with one attached hydrogen (secondary N) is 2. The first kappa shape index (κ1) is 23.8. The van der Waals surface area contributed by atoms with Crippen molar-refractivity contribution in [2.45, 2.75) is 30.2 Å². The Morgan fingerprint density at radius 1 is 1.32 bits per heavy atom. The van der Waals surface area contributed by atoms with E-state index in [9.17, 15) is 26.4 Å². The number of sulfonamides is 1. The van der Waals surface area contributed by atoms with E-state index in [-0.39, 0.29) is 35.1 Å². The zero-order chi connectivity index (χ0) is 24.8. The molecule has 2 N–H and O–H groups in total. The van der Waals surface area contributed by atoms with Crippen molar-refractivity contribution in [2.24, 2.45) is 14.1 Å². The highest BCUT2D eigenvalue weighted by Gasteiger charge is 2.40. The Morgan fingerprint density at radius 2 is 2.06 bits per heavy atom. The standard InChI is InChI=1S/C21H22F3N5O4S/c1-21(9-16-25-6-7-28(16)2)11-33-18-15(34(31,32)27-21)10-29(3)17(18)20(30)26-12-4-5-14(22)13(8-12)19(23)24/h4-8,10,19,27H,9,11H2,1-3H3,(H,26,30). The fourth-order valence-corrected chi connectivity index (χ4v) is 5.38. The van der Waals surface area contributed by atoms with E-state index >= 15 is 0 Å². The maximum atomic E-state index is 13.6. The van der Waals surface area contributed by atoms with Gasteiger partial charge in [0.2, 0.25) is 10.0 Å². The fourth-order valence-electron chi connectivity index (χ4n) is 3.79. The third kappa shape index (κ3) is 4.40. The van der Waals surface area contributed by atoms with Crippen LogP contribution < -0.4 is 14.8 Å². The van der Waals surface area contributed by atoms with Gasteiger partial charge in [0.05, 0.1) is 11.1 Å².